The van der Waals surface area contributed by atoms with Crippen molar-refractivity contribution in [2.45, 2.75) is 19.4 Å². The van der Waals surface area contributed by atoms with Gasteiger partial charge in [-0.15, -0.1) is 0 Å². The molecule has 0 bridgehead atoms. The Hall–Kier alpha value is -0.590. The quantitative estimate of drug-likeness (QED) is 0.587. The molecule has 1 fully saturated rings. The van der Waals surface area contributed by atoms with Crippen molar-refractivity contribution in [3.8, 4) is 6.07 Å². The van der Waals surface area contributed by atoms with Gasteiger partial charge in [-0.2, -0.15) is 5.26 Å². The zero-order valence-corrected chi connectivity index (χ0v) is 6.82. The summed E-state index contributed by atoms with van der Waals surface area (Å²) in [5.74, 6) is 0.0266. The molecule has 1 N–H and O–H groups in total. The largest absolute Gasteiger partial charge is 0.392 e. The second-order valence-electron chi connectivity index (χ2n) is 3.07. The van der Waals surface area contributed by atoms with Crippen molar-refractivity contribution in [3.63, 3.8) is 0 Å². The molecule has 1 aliphatic heterocycles. The number of rotatable bonds is 1. The third-order valence-electron chi connectivity index (χ3n) is 2.13. The van der Waals surface area contributed by atoms with Gasteiger partial charge < -0.3 is 5.11 Å². The van der Waals surface area contributed by atoms with Crippen LogP contribution in [0.1, 0.15) is 13.3 Å². The van der Waals surface area contributed by atoms with E-state index in [1.54, 1.807) is 0 Å². The number of nitriles is 1. The topological polar surface area (TPSA) is 47.3 Å². The second kappa shape index (κ2) is 3.70. The van der Waals surface area contributed by atoms with Gasteiger partial charge in [0, 0.05) is 13.1 Å². The van der Waals surface area contributed by atoms with Gasteiger partial charge in [-0.1, -0.05) is 6.92 Å². The normalized spacial score (nSPS) is 33.2. The van der Waals surface area contributed by atoms with Crippen molar-refractivity contribution >= 4 is 0 Å². The summed E-state index contributed by atoms with van der Waals surface area (Å²) in [7, 11) is 0. The maximum Gasteiger partial charge on any atom is 0.0680 e. The molecule has 1 saturated heterocycles. The lowest BCUT2D eigenvalue weighted by Crippen LogP contribution is -2.42. The molecule has 0 amide bonds. The van der Waals surface area contributed by atoms with Crippen LogP contribution in [0.25, 0.3) is 0 Å². The molecule has 1 aliphatic rings. The number of aliphatic hydroxyl groups is 1. The number of hydrogen-bond donors (Lipinski definition) is 1. The fraction of sp³-hybridized carbons (Fsp3) is 0.875. The highest BCUT2D eigenvalue weighted by molar-refractivity contribution is 4.91. The summed E-state index contributed by atoms with van der Waals surface area (Å²) in [5, 5.41) is 18.0. The van der Waals surface area contributed by atoms with E-state index in [0.29, 0.717) is 6.42 Å². The lowest BCUT2D eigenvalue weighted by atomic mass is 9.98. The zero-order chi connectivity index (χ0) is 8.27. The lowest BCUT2D eigenvalue weighted by molar-refractivity contribution is 0.0564. The molecule has 0 aromatic heterocycles. The first-order valence-electron chi connectivity index (χ1n) is 4.06. The Balaban J connectivity index is 2.45. The molecular weight excluding hydrogens is 140 g/mol. The predicted octanol–water partition coefficient (Wildman–Crippen LogP) is 0.213. The summed E-state index contributed by atoms with van der Waals surface area (Å²) in [6.07, 6.45) is 0.348. The first-order valence-corrected chi connectivity index (χ1v) is 4.06. The van der Waals surface area contributed by atoms with Crippen LogP contribution in [-0.4, -0.2) is 35.7 Å². The number of nitrogens with zero attached hydrogens (tertiary/aromatic N) is 2. The first kappa shape index (κ1) is 8.51. The number of likely N-dealkylation sites (N-methyl/N-ethyl adjacent to an activating group) is 1. The van der Waals surface area contributed by atoms with E-state index in [1.165, 1.54) is 0 Å². The molecule has 0 radical (unpaired) electrons. The Morgan fingerprint density at radius 3 is 2.91 bits per heavy atom. The van der Waals surface area contributed by atoms with Crippen LogP contribution in [-0.2, 0) is 0 Å². The van der Waals surface area contributed by atoms with Gasteiger partial charge in [0.05, 0.1) is 18.1 Å². The molecule has 3 heteroatoms. The van der Waals surface area contributed by atoms with Gasteiger partial charge in [0.1, 0.15) is 0 Å². The van der Waals surface area contributed by atoms with Crippen LogP contribution < -0.4 is 0 Å². The minimum Gasteiger partial charge on any atom is -0.392 e. The average Bonchev–Trinajstić information content (AvgIpc) is 2.03. The summed E-state index contributed by atoms with van der Waals surface area (Å²) < 4.78 is 0. The van der Waals surface area contributed by atoms with Crippen molar-refractivity contribution in [3.05, 3.63) is 0 Å². The van der Waals surface area contributed by atoms with Gasteiger partial charge in [0.15, 0.2) is 0 Å². The standard InChI is InChI=1S/C8H14N2O/c1-2-10-5-7(4-9)3-8(11)6-10/h7-8,11H,2-3,5-6H2,1H3/t7-,8+/m0/s1. The van der Waals surface area contributed by atoms with Crippen LogP contribution in [0.3, 0.4) is 0 Å². The zero-order valence-electron chi connectivity index (χ0n) is 6.82. The SMILES string of the molecule is CCN1C[C@H](O)C[C@@H](C#N)C1. The molecule has 1 heterocycles. The summed E-state index contributed by atoms with van der Waals surface area (Å²) in [6, 6.07) is 2.20. The minimum absolute atomic E-state index is 0.0266. The van der Waals surface area contributed by atoms with Gasteiger partial charge in [-0.3, -0.25) is 4.90 Å². The third-order valence-corrected chi connectivity index (χ3v) is 2.13. The van der Waals surface area contributed by atoms with Crippen molar-refractivity contribution in [2.75, 3.05) is 19.6 Å². The Bertz CT molecular complexity index is 164. The molecule has 0 spiro atoms. The number of piperidine rings is 1. The van der Waals surface area contributed by atoms with E-state index in [2.05, 4.69) is 11.0 Å². The van der Waals surface area contributed by atoms with Crippen LogP contribution in [0, 0.1) is 17.2 Å². The summed E-state index contributed by atoms with van der Waals surface area (Å²) in [4.78, 5) is 2.11. The van der Waals surface area contributed by atoms with Crippen molar-refractivity contribution in [1.82, 2.24) is 4.90 Å². The highest BCUT2D eigenvalue weighted by atomic mass is 16.3. The third kappa shape index (κ3) is 2.18. The number of β-amino-alcohol motifs (C(OH)–C–C–N with tert-alkyl or cyclic N) is 1. The van der Waals surface area contributed by atoms with E-state index in [-0.39, 0.29) is 12.0 Å². The predicted molar refractivity (Wildman–Crippen MR) is 41.8 cm³/mol. The van der Waals surface area contributed by atoms with E-state index in [1.807, 2.05) is 6.92 Å². The van der Waals surface area contributed by atoms with Crippen LogP contribution in [0.5, 0.6) is 0 Å². The van der Waals surface area contributed by atoms with Crippen molar-refractivity contribution in [2.24, 2.45) is 5.92 Å². The van der Waals surface area contributed by atoms with Crippen molar-refractivity contribution in [1.29, 1.82) is 5.26 Å². The fourth-order valence-corrected chi connectivity index (χ4v) is 1.51. The van der Waals surface area contributed by atoms with Crippen molar-refractivity contribution < 1.29 is 5.11 Å². The monoisotopic (exact) mass is 154 g/mol. The van der Waals surface area contributed by atoms with Crippen LogP contribution >= 0.6 is 0 Å². The van der Waals surface area contributed by atoms with Crippen LogP contribution in [0.2, 0.25) is 0 Å². The highest BCUT2D eigenvalue weighted by Gasteiger charge is 2.24. The second-order valence-corrected chi connectivity index (χ2v) is 3.07. The molecule has 3 nitrogen and oxygen atoms in total. The van der Waals surface area contributed by atoms with Gasteiger partial charge >= 0.3 is 0 Å². The summed E-state index contributed by atoms with van der Waals surface area (Å²) in [6.45, 7) is 4.53. The maximum atomic E-state index is 9.32. The number of aliphatic hydroxyl groups excluding tert-OH is 1. The Labute approximate surface area is 67.2 Å². The van der Waals surface area contributed by atoms with Gasteiger partial charge in [-0.25, -0.2) is 0 Å². The lowest BCUT2D eigenvalue weighted by Gasteiger charge is -2.31. The molecule has 0 aromatic carbocycles. The van der Waals surface area contributed by atoms with Crippen LogP contribution in [0.4, 0.5) is 0 Å². The molecule has 0 unspecified atom stereocenters. The highest BCUT2D eigenvalue weighted by Crippen LogP contribution is 2.15. The maximum absolute atomic E-state index is 9.32. The molecule has 62 valence electrons. The summed E-state index contributed by atoms with van der Waals surface area (Å²) in [5.41, 5.74) is 0. The van der Waals surface area contributed by atoms with E-state index < -0.39 is 0 Å². The van der Waals surface area contributed by atoms with E-state index in [4.69, 9.17) is 5.26 Å². The van der Waals surface area contributed by atoms with Crippen LogP contribution in [0.15, 0.2) is 0 Å². The molecule has 11 heavy (non-hydrogen) atoms. The average molecular weight is 154 g/mol. The number of likely N-dealkylation sites (tertiary alicyclic amines) is 1. The molecule has 2 atom stereocenters. The van der Waals surface area contributed by atoms with Gasteiger partial charge in [-0.05, 0) is 13.0 Å². The molecule has 1 rings (SSSR count). The Morgan fingerprint density at radius 2 is 2.36 bits per heavy atom. The molecule has 0 aliphatic carbocycles. The molecule has 0 saturated carbocycles. The van der Waals surface area contributed by atoms with Gasteiger partial charge in [0.25, 0.3) is 0 Å². The van der Waals surface area contributed by atoms with E-state index >= 15 is 0 Å². The molecular formula is C8H14N2O. The smallest absolute Gasteiger partial charge is 0.0680 e. The summed E-state index contributed by atoms with van der Waals surface area (Å²) >= 11 is 0. The minimum atomic E-state index is -0.298. The molecule has 0 aromatic rings. The number of hydrogen-bond acceptors (Lipinski definition) is 3. The van der Waals surface area contributed by atoms with Gasteiger partial charge in [0.2, 0.25) is 0 Å². The Kier molecular flexibility index (Phi) is 2.86. The first-order chi connectivity index (χ1) is 5.26. The van der Waals surface area contributed by atoms with E-state index in [0.717, 1.165) is 19.6 Å². The fourth-order valence-electron chi connectivity index (χ4n) is 1.51. The Morgan fingerprint density at radius 1 is 1.64 bits per heavy atom. The van der Waals surface area contributed by atoms with E-state index in [9.17, 15) is 5.11 Å².